The Morgan fingerprint density at radius 2 is 1.93 bits per heavy atom. The molecular formula is C22H30N4O3S. The Hall–Kier alpha value is -2.06. The number of thioether (sulfide) groups is 1. The number of aryl methyl sites for hydroxylation is 1. The van der Waals surface area contributed by atoms with Gasteiger partial charge in [0, 0.05) is 5.75 Å². The van der Waals surface area contributed by atoms with Crippen LogP contribution in [0, 0.1) is 0 Å². The Morgan fingerprint density at radius 1 is 1.13 bits per heavy atom. The maximum absolute atomic E-state index is 13.2. The minimum Gasteiger partial charge on any atom is -0.347 e. The third kappa shape index (κ3) is 4.07. The second kappa shape index (κ2) is 8.98. The summed E-state index contributed by atoms with van der Waals surface area (Å²) in [6.07, 6.45) is 4.40. The zero-order valence-electron chi connectivity index (χ0n) is 17.5. The summed E-state index contributed by atoms with van der Waals surface area (Å²) in [5, 5.41) is 8.97. The molecule has 1 aliphatic carbocycles. The molecular weight excluding hydrogens is 400 g/mol. The first-order valence-electron chi connectivity index (χ1n) is 10.8. The summed E-state index contributed by atoms with van der Waals surface area (Å²) in [5.41, 5.74) is 2.48. The molecule has 0 spiro atoms. The van der Waals surface area contributed by atoms with Crippen molar-refractivity contribution < 1.29 is 14.4 Å². The van der Waals surface area contributed by atoms with Crippen molar-refractivity contribution in [2.24, 2.45) is 0 Å². The van der Waals surface area contributed by atoms with Gasteiger partial charge in [0.1, 0.15) is 12.1 Å². The molecule has 0 bridgehead atoms. The van der Waals surface area contributed by atoms with Crippen molar-refractivity contribution >= 4 is 29.5 Å². The van der Waals surface area contributed by atoms with E-state index in [9.17, 15) is 14.4 Å². The molecule has 2 saturated heterocycles. The Bertz CT molecular complexity index is 832. The quantitative estimate of drug-likeness (QED) is 0.656. The van der Waals surface area contributed by atoms with Gasteiger partial charge in [-0.25, -0.2) is 0 Å². The van der Waals surface area contributed by atoms with Crippen LogP contribution in [0.3, 0.4) is 0 Å². The SMILES string of the molecule is CNC(C)C(=O)NC1CCC2SCC(C(=O)NC3CCCc4ccccc43)N2C1=O. The van der Waals surface area contributed by atoms with Crippen molar-refractivity contribution in [3.8, 4) is 0 Å². The first kappa shape index (κ1) is 21.2. The molecule has 1 aromatic rings. The number of amides is 3. The lowest BCUT2D eigenvalue weighted by atomic mass is 9.87. The average Bonchev–Trinajstić information content (AvgIpc) is 3.20. The summed E-state index contributed by atoms with van der Waals surface area (Å²) in [4.78, 5) is 40.3. The van der Waals surface area contributed by atoms with Crippen molar-refractivity contribution in [1.29, 1.82) is 0 Å². The number of fused-ring (bicyclic) bond motifs is 2. The highest BCUT2D eigenvalue weighted by molar-refractivity contribution is 8.00. The van der Waals surface area contributed by atoms with E-state index in [0.29, 0.717) is 12.2 Å². The van der Waals surface area contributed by atoms with Crippen LogP contribution in [-0.4, -0.2) is 58.9 Å². The van der Waals surface area contributed by atoms with Crippen LogP contribution in [0.15, 0.2) is 24.3 Å². The van der Waals surface area contributed by atoms with Gasteiger partial charge in [-0.1, -0.05) is 24.3 Å². The highest BCUT2D eigenvalue weighted by atomic mass is 32.2. The van der Waals surface area contributed by atoms with Gasteiger partial charge < -0.3 is 20.9 Å². The Morgan fingerprint density at radius 3 is 2.73 bits per heavy atom. The van der Waals surface area contributed by atoms with Gasteiger partial charge in [0.2, 0.25) is 17.7 Å². The van der Waals surface area contributed by atoms with E-state index in [1.165, 1.54) is 11.1 Å². The molecule has 2 aliphatic heterocycles. The van der Waals surface area contributed by atoms with Gasteiger partial charge in [0.25, 0.3) is 0 Å². The van der Waals surface area contributed by atoms with Crippen molar-refractivity contribution in [1.82, 2.24) is 20.9 Å². The lowest BCUT2D eigenvalue weighted by molar-refractivity contribution is -0.145. The molecule has 2 heterocycles. The fourth-order valence-electron chi connectivity index (χ4n) is 4.63. The molecule has 5 unspecified atom stereocenters. The summed E-state index contributed by atoms with van der Waals surface area (Å²) in [6.45, 7) is 1.76. The smallest absolute Gasteiger partial charge is 0.246 e. The molecule has 8 heteroatoms. The summed E-state index contributed by atoms with van der Waals surface area (Å²) in [6, 6.07) is 6.86. The maximum Gasteiger partial charge on any atom is 0.246 e. The highest BCUT2D eigenvalue weighted by Gasteiger charge is 2.47. The standard InChI is InChI=1S/C22H30N4O3S/c1-13(23-2)20(27)25-17-10-11-19-26(22(17)29)18(12-30-19)21(28)24-16-9-5-7-14-6-3-4-8-15(14)16/h3-4,6,8,13,16-19,23H,5,7,9-12H2,1-2H3,(H,24,28)(H,25,27). The van der Waals surface area contributed by atoms with E-state index >= 15 is 0 Å². The van der Waals surface area contributed by atoms with Gasteiger partial charge in [-0.05, 0) is 57.2 Å². The lowest BCUT2D eigenvalue weighted by Gasteiger charge is -2.37. The number of likely N-dealkylation sites (N-methyl/N-ethyl adjacent to an activating group) is 1. The normalized spacial score (nSPS) is 29.0. The zero-order valence-corrected chi connectivity index (χ0v) is 18.3. The minimum atomic E-state index is -0.561. The minimum absolute atomic E-state index is 0.00151. The fraction of sp³-hybridized carbons (Fsp3) is 0.591. The van der Waals surface area contributed by atoms with Crippen LogP contribution in [0.4, 0.5) is 0 Å². The molecule has 2 fully saturated rings. The van der Waals surface area contributed by atoms with E-state index in [-0.39, 0.29) is 35.2 Å². The number of carbonyl (C=O) groups excluding carboxylic acids is 3. The average molecular weight is 431 g/mol. The number of hydrogen-bond donors (Lipinski definition) is 3. The van der Waals surface area contributed by atoms with Crippen LogP contribution in [0.5, 0.6) is 0 Å². The molecule has 3 amide bonds. The van der Waals surface area contributed by atoms with Crippen LogP contribution in [0.2, 0.25) is 0 Å². The summed E-state index contributed by atoms with van der Waals surface area (Å²) in [7, 11) is 1.71. The van der Waals surface area contributed by atoms with Crippen LogP contribution in [0.1, 0.15) is 49.8 Å². The van der Waals surface area contributed by atoms with E-state index in [1.807, 2.05) is 12.1 Å². The summed E-state index contributed by atoms with van der Waals surface area (Å²) >= 11 is 1.67. The maximum atomic E-state index is 13.2. The van der Waals surface area contributed by atoms with E-state index in [1.54, 1.807) is 30.6 Å². The van der Waals surface area contributed by atoms with E-state index in [2.05, 4.69) is 28.1 Å². The first-order valence-corrected chi connectivity index (χ1v) is 11.8. The third-order valence-electron chi connectivity index (χ3n) is 6.48. The molecule has 4 rings (SSSR count). The Labute approximate surface area is 181 Å². The van der Waals surface area contributed by atoms with Crippen LogP contribution >= 0.6 is 11.8 Å². The Balaban J connectivity index is 1.44. The highest BCUT2D eigenvalue weighted by Crippen LogP contribution is 2.37. The van der Waals surface area contributed by atoms with Gasteiger partial charge in [0.15, 0.2) is 0 Å². The monoisotopic (exact) mass is 430 g/mol. The number of piperidine rings is 1. The molecule has 0 aromatic heterocycles. The molecule has 0 saturated carbocycles. The second-order valence-electron chi connectivity index (χ2n) is 8.35. The number of hydrogen-bond acceptors (Lipinski definition) is 5. The molecule has 1 aromatic carbocycles. The van der Waals surface area contributed by atoms with Crippen LogP contribution in [-0.2, 0) is 20.8 Å². The number of benzene rings is 1. The van der Waals surface area contributed by atoms with E-state index in [4.69, 9.17) is 0 Å². The zero-order chi connectivity index (χ0) is 21.3. The predicted octanol–water partition coefficient (Wildman–Crippen LogP) is 1.34. The third-order valence-corrected chi connectivity index (χ3v) is 7.83. The van der Waals surface area contributed by atoms with E-state index in [0.717, 1.165) is 25.7 Å². The van der Waals surface area contributed by atoms with Crippen molar-refractivity contribution in [2.45, 2.75) is 68.6 Å². The van der Waals surface area contributed by atoms with Gasteiger partial charge >= 0.3 is 0 Å². The van der Waals surface area contributed by atoms with Crippen molar-refractivity contribution in [2.75, 3.05) is 12.8 Å². The molecule has 30 heavy (non-hydrogen) atoms. The summed E-state index contributed by atoms with van der Waals surface area (Å²) in [5.74, 6) is 0.179. The fourth-order valence-corrected chi connectivity index (χ4v) is 6.06. The van der Waals surface area contributed by atoms with Crippen LogP contribution in [0.25, 0.3) is 0 Å². The number of nitrogens with one attached hydrogen (secondary N) is 3. The summed E-state index contributed by atoms with van der Waals surface area (Å²) < 4.78 is 0. The predicted molar refractivity (Wildman–Crippen MR) is 117 cm³/mol. The largest absolute Gasteiger partial charge is 0.347 e. The molecule has 0 radical (unpaired) electrons. The molecule has 5 atom stereocenters. The molecule has 3 aliphatic rings. The molecule has 7 nitrogen and oxygen atoms in total. The second-order valence-corrected chi connectivity index (χ2v) is 9.56. The van der Waals surface area contributed by atoms with Gasteiger partial charge in [-0.2, -0.15) is 0 Å². The first-order chi connectivity index (χ1) is 14.5. The van der Waals surface area contributed by atoms with Crippen LogP contribution < -0.4 is 16.0 Å². The van der Waals surface area contributed by atoms with Gasteiger partial charge in [-0.15, -0.1) is 11.8 Å². The molecule has 3 N–H and O–H groups in total. The number of carbonyl (C=O) groups is 3. The van der Waals surface area contributed by atoms with Crippen molar-refractivity contribution in [3.05, 3.63) is 35.4 Å². The molecule has 162 valence electrons. The number of rotatable bonds is 5. The van der Waals surface area contributed by atoms with Gasteiger partial charge in [0.05, 0.1) is 17.5 Å². The topological polar surface area (TPSA) is 90.5 Å². The van der Waals surface area contributed by atoms with Crippen molar-refractivity contribution in [3.63, 3.8) is 0 Å². The number of nitrogens with zero attached hydrogens (tertiary/aromatic N) is 1. The van der Waals surface area contributed by atoms with Gasteiger partial charge in [-0.3, -0.25) is 14.4 Å². The van der Waals surface area contributed by atoms with E-state index < -0.39 is 12.1 Å². The Kier molecular flexibility index (Phi) is 6.34. The lowest BCUT2D eigenvalue weighted by Crippen LogP contribution is -2.60.